The van der Waals surface area contributed by atoms with Crippen molar-refractivity contribution < 1.29 is 19.1 Å². The number of piperazine rings is 1. The Kier molecular flexibility index (Phi) is 6.00. The van der Waals surface area contributed by atoms with E-state index < -0.39 is 0 Å². The van der Waals surface area contributed by atoms with Gasteiger partial charge in [0, 0.05) is 39.8 Å². The highest BCUT2D eigenvalue weighted by atomic mass is 16.5. The van der Waals surface area contributed by atoms with Crippen LogP contribution in [0.2, 0.25) is 0 Å². The summed E-state index contributed by atoms with van der Waals surface area (Å²) in [6.07, 6.45) is 2.06. The summed E-state index contributed by atoms with van der Waals surface area (Å²) < 4.78 is 4.85. The second-order valence-electron chi connectivity index (χ2n) is 5.56. The fourth-order valence-corrected chi connectivity index (χ4v) is 2.67. The van der Waals surface area contributed by atoms with Gasteiger partial charge >= 0.3 is 6.03 Å². The minimum Gasteiger partial charge on any atom is -0.383 e. The number of amides is 4. The third-order valence-electron chi connectivity index (χ3n) is 3.93. The van der Waals surface area contributed by atoms with E-state index in [0.717, 1.165) is 25.9 Å². The van der Waals surface area contributed by atoms with Crippen molar-refractivity contribution in [1.29, 1.82) is 0 Å². The Hall–Kier alpha value is -1.83. The summed E-state index contributed by atoms with van der Waals surface area (Å²) in [7, 11) is 1.56. The number of nitrogens with zero attached hydrogens (tertiary/aromatic N) is 3. The maximum atomic E-state index is 12.2. The van der Waals surface area contributed by atoms with Gasteiger partial charge in [0.25, 0.3) is 0 Å². The van der Waals surface area contributed by atoms with Crippen LogP contribution in [0.1, 0.15) is 12.8 Å². The van der Waals surface area contributed by atoms with Gasteiger partial charge in [-0.15, -0.1) is 0 Å². The number of nitrogens with one attached hydrogen (secondary N) is 1. The first-order valence-electron chi connectivity index (χ1n) is 7.69. The first kappa shape index (κ1) is 16.5. The smallest absolute Gasteiger partial charge is 0.320 e. The van der Waals surface area contributed by atoms with Gasteiger partial charge in [0.15, 0.2) is 0 Å². The van der Waals surface area contributed by atoms with E-state index in [1.807, 2.05) is 0 Å². The van der Waals surface area contributed by atoms with Gasteiger partial charge in [-0.1, -0.05) is 0 Å². The van der Waals surface area contributed by atoms with Gasteiger partial charge in [-0.3, -0.25) is 9.59 Å². The molecule has 2 saturated heterocycles. The van der Waals surface area contributed by atoms with Crippen LogP contribution in [0, 0.1) is 0 Å². The van der Waals surface area contributed by atoms with E-state index in [1.165, 1.54) is 4.90 Å². The van der Waals surface area contributed by atoms with Crippen LogP contribution in [0.4, 0.5) is 4.79 Å². The number of methoxy groups -OCH3 is 1. The standard InChI is InChI=1S/C14H24N4O4/c1-22-9-4-15-12(19)10-17-7-8-18(11-13(17)20)14(21)16-5-2-3-6-16/h2-11H2,1H3,(H,15,19). The van der Waals surface area contributed by atoms with Crippen LogP contribution in [-0.4, -0.2) is 92.1 Å². The van der Waals surface area contributed by atoms with Crippen molar-refractivity contribution in [2.45, 2.75) is 12.8 Å². The highest BCUT2D eigenvalue weighted by molar-refractivity contribution is 5.89. The largest absolute Gasteiger partial charge is 0.383 e. The summed E-state index contributed by atoms with van der Waals surface area (Å²) in [4.78, 5) is 40.9. The van der Waals surface area contributed by atoms with Gasteiger partial charge in [0.2, 0.25) is 11.8 Å². The number of rotatable bonds is 5. The van der Waals surface area contributed by atoms with Gasteiger partial charge in [-0.2, -0.15) is 0 Å². The Balaban J connectivity index is 1.76. The third-order valence-corrected chi connectivity index (χ3v) is 3.93. The van der Waals surface area contributed by atoms with Crippen LogP contribution in [0.5, 0.6) is 0 Å². The number of ether oxygens (including phenoxy) is 1. The van der Waals surface area contributed by atoms with Crippen LogP contribution in [0.15, 0.2) is 0 Å². The molecule has 0 aromatic rings. The molecule has 8 heteroatoms. The van der Waals surface area contributed by atoms with Gasteiger partial charge < -0.3 is 24.8 Å². The fourth-order valence-electron chi connectivity index (χ4n) is 2.67. The van der Waals surface area contributed by atoms with Crippen molar-refractivity contribution >= 4 is 17.8 Å². The summed E-state index contributed by atoms with van der Waals surface area (Å²) in [5.74, 6) is -0.384. The van der Waals surface area contributed by atoms with Gasteiger partial charge in [0.1, 0.15) is 6.54 Å². The van der Waals surface area contributed by atoms with E-state index in [9.17, 15) is 14.4 Å². The molecule has 2 aliphatic rings. The lowest BCUT2D eigenvalue weighted by atomic mass is 10.3. The molecule has 0 saturated carbocycles. The van der Waals surface area contributed by atoms with Crippen molar-refractivity contribution in [2.24, 2.45) is 0 Å². The topological polar surface area (TPSA) is 82.2 Å². The van der Waals surface area contributed by atoms with E-state index in [4.69, 9.17) is 4.74 Å². The minimum absolute atomic E-state index is 0.0360. The molecule has 2 heterocycles. The summed E-state index contributed by atoms with van der Waals surface area (Å²) in [6, 6.07) is -0.0601. The van der Waals surface area contributed by atoms with Crippen LogP contribution in [0.3, 0.4) is 0 Å². The lowest BCUT2D eigenvalue weighted by Crippen LogP contribution is -2.56. The molecule has 0 bridgehead atoms. The molecule has 8 nitrogen and oxygen atoms in total. The van der Waals surface area contributed by atoms with Crippen molar-refractivity contribution in [3.63, 3.8) is 0 Å². The monoisotopic (exact) mass is 312 g/mol. The molecule has 0 unspecified atom stereocenters. The quantitative estimate of drug-likeness (QED) is 0.668. The van der Waals surface area contributed by atoms with E-state index in [-0.39, 0.29) is 30.9 Å². The van der Waals surface area contributed by atoms with Crippen LogP contribution in [-0.2, 0) is 14.3 Å². The highest BCUT2D eigenvalue weighted by Crippen LogP contribution is 2.12. The van der Waals surface area contributed by atoms with E-state index in [2.05, 4.69) is 5.32 Å². The first-order chi connectivity index (χ1) is 10.6. The Morgan fingerprint density at radius 1 is 1.14 bits per heavy atom. The van der Waals surface area contributed by atoms with Crippen LogP contribution >= 0.6 is 0 Å². The fraction of sp³-hybridized carbons (Fsp3) is 0.786. The third kappa shape index (κ3) is 4.33. The molecule has 4 amide bonds. The summed E-state index contributed by atoms with van der Waals surface area (Å²) in [5.41, 5.74) is 0. The predicted molar refractivity (Wildman–Crippen MR) is 79.2 cm³/mol. The molecule has 0 aromatic heterocycles. The minimum atomic E-state index is -0.204. The lowest BCUT2D eigenvalue weighted by molar-refractivity contribution is -0.139. The van der Waals surface area contributed by atoms with Crippen LogP contribution < -0.4 is 5.32 Å². The summed E-state index contributed by atoms with van der Waals surface area (Å²) >= 11 is 0. The summed E-state index contributed by atoms with van der Waals surface area (Å²) in [6.45, 7) is 3.39. The lowest BCUT2D eigenvalue weighted by Gasteiger charge is -2.35. The molecular weight excluding hydrogens is 288 g/mol. The molecule has 0 spiro atoms. The van der Waals surface area contributed by atoms with Crippen LogP contribution in [0.25, 0.3) is 0 Å². The number of likely N-dealkylation sites (tertiary alicyclic amines) is 1. The molecule has 1 N–H and O–H groups in total. The second-order valence-corrected chi connectivity index (χ2v) is 5.56. The zero-order valence-corrected chi connectivity index (χ0v) is 13.0. The Morgan fingerprint density at radius 3 is 2.50 bits per heavy atom. The first-order valence-corrected chi connectivity index (χ1v) is 7.69. The van der Waals surface area contributed by atoms with Crippen molar-refractivity contribution in [3.05, 3.63) is 0 Å². The van der Waals surface area contributed by atoms with E-state index in [1.54, 1.807) is 16.9 Å². The zero-order valence-electron chi connectivity index (χ0n) is 13.0. The number of hydrogen-bond acceptors (Lipinski definition) is 4. The molecular formula is C14H24N4O4. The van der Waals surface area contributed by atoms with Gasteiger partial charge in [0.05, 0.1) is 13.2 Å². The molecule has 2 aliphatic heterocycles. The maximum absolute atomic E-state index is 12.2. The molecule has 2 fully saturated rings. The molecule has 0 atom stereocenters. The highest BCUT2D eigenvalue weighted by Gasteiger charge is 2.31. The Labute approximate surface area is 130 Å². The molecule has 0 aromatic carbocycles. The Bertz CT molecular complexity index is 423. The van der Waals surface area contributed by atoms with Gasteiger partial charge in [-0.05, 0) is 12.8 Å². The number of carbonyl (C=O) groups excluding carboxylic acids is 3. The predicted octanol–water partition coefficient (Wildman–Crippen LogP) is -0.891. The zero-order chi connectivity index (χ0) is 15.9. The molecule has 0 aliphatic carbocycles. The average Bonchev–Trinajstić information content (AvgIpc) is 3.03. The molecule has 22 heavy (non-hydrogen) atoms. The normalized spacial score (nSPS) is 18.8. The van der Waals surface area contributed by atoms with Crippen molar-refractivity contribution in [2.75, 3.05) is 59.5 Å². The molecule has 2 rings (SSSR count). The van der Waals surface area contributed by atoms with E-state index >= 15 is 0 Å². The molecule has 0 radical (unpaired) electrons. The maximum Gasteiger partial charge on any atom is 0.320 e. The van der Waals surface area contributed by atoms with Crippen molar-refractivity contribution in [3.8, 4) is 0 Å². The van der Waals surface area contributed by atoms with Crippen molar-refractivity contribution in [1.82, 2.24) is 20.0 Å². The SMILES string of the molecule is COCCNC(=O)CN1CCN(C(=O)N2CCCC2)CC1=O. The second kappa shape index (κ2) is 7.98. The van der Waals surface area contributed by atoms with E-state index in [0.29, 0.717) is 26.2 Å². The number of carbonyl (C=O) groups is 3. The summed E-state index contributed by atoms with van der Waals surface area (Å²) in [5, 5.41) is 2.68. The van der Waals surface area contributed by atoms with Gasteiger partial charge in [-0.25, -0.2) is 4.79 Å². The number of hydrogen-bond donors (Lipinski definition) is 1. The number of urea groups is 1. The average molecular weight is 312 g/mol. The Morgan fingerprint density at radius 2 is 1.86 bits per heavy atom. The molecule has 124 valence electrons.